The molecule has 0 N–H and O–H groups in total. The molecule has 178 valence electrons. The molecule has 0 spiro atoms. The zero-order valence-corrected chi connectivity index (χ0v) is 19.9. The molecule has 0 amide bonds. The summed E-state index contributed by atoms with van der Waals surface area (Å²) in [6.45, 7) is 4.16. The zero-order chi connectivity index (χ0) is 25.1. The second kappa shape index (κ2) is 12.5. The lowest BCUT2D eigenvalue weighted by molar-refractivity contribution is -0.274. The van der Waals surface area contributed by atoms with Crippen LogP contribution in [-0.4, -0.2) is 6.36 Å². The average Bonchev–Trinajstić information content (AvgIpc) is 2.83. The van der Waals surface area contributed by atoms with Gasteiger partial charge in [-0.05, 0) is 85.5 Å². The Kier molecular flexibility index (Phi) is 9.22. The molecule has 0 unspecified atom stereocenters. The molecular formula is C31H27F3O. The molecule has 0 aromatic heterocycles. The van der Waals surface area contributed by atoms with Crippen molar-refractivity contribution in [3.63, 3.8) is 0 Å². The van der Waals surface area contributed by atoms with Gasteiger partial charge in [-0.2, -0.15) is 0 Å². The lowest BCUT2D eigenvalue weighted by atomic mass is 10.0. The number of aryl methyl sites for hydroxylation is 1. The van der Waals surface area contributed by atoms with Crippen LogP contribution < -0.4 is 4.74 Å². The minimum absolute atomic E-state index is 0.268. The van der Waals surface area contributed by atoms with Gasteiger partial charge in [0.25, 0.3) is 0 Å². The predicted molar refractivity (Wildman–Crippen MR) is 136 cm³/mol. The molecule has 1 nitrogen and oxygen atoms in total. The van der Waals surface area contributed by atoms with Crippen molar-refractivity contribution in [1.29, 1.82) is 0 Å². The van der Waals surface area contributed by atoms with Crippen LogP contribution in [-0.2, 0) is 0 Å². The average molecular weight is 473 g/mol. The first-order valence-electron chi connectivity index (χ1n) is 11.6. The number of benzene rings is 3. The highest BCUT2D eigenvalue weighted by molar-refractivity contribution is 5.54. The van der Waals surface area contributed by atoms with E-state index < -0.39 is 6.36 Å². The summed E-state index contributed by atoms with van der Waals surface area (Å²) in [5, 5.41) is 0. The molecule has 3 aromatic carbocycles. The Bertz CT molecular complexity index is 1260. The summed E-state index contributed by atoms with van der Waals surface area (Å²) < 4.78 is 40.7. The highest BCUT2D eigenvalue weighted by Gasteiger charge is 2.30. The fraction of sp³-hybridized carbons (Fsp3) is 0.226. The monoisotopic (exact) mass is 472 g/mol. The van der Waals surface area contributed by atoms with Gasteiger partial charge >= 0.3 is 6.36 Å². The Morgan fingerprint density at radius 3 is 2.00 bits per heavy atom. The molecule has 0 aliphatic carbocycles. The minimum Gasteiger partial charge on any atom is -0.406 e. The van der Waals surface area contributed by atoms with Crippen molar-refractivity contribution >= 4 is 6.08 Å². The molecular weight excluding hydrogens is 445 g/mol. The number of hydrogen-bond acceptors (Lipinski definition) is 1. The number of allylic oxidation sites excluding steroid dienone is 1. The SMILES string of the molecule is CCCCC/C=C/c1ccc(C#Cc2ccc(C#Cc3ccc(OC(F)(F)F)cc3)c(C)c2)cc1. The van der Waals surface area contributed by atoms with Gasteiger partial charge in [-0.3, -0.25) is 0 Å². The highest BCUT2D eigenvalue weighted by atomic mass is 19.4. The molecule has 0 atom stereocenters. The van der Waals surface area contributed by atoms with Crippen LogP contribution in [0.25, 0.3) is 6.08 Å². The second-order valence-corrected chi connectivity index (χ2v) is 8.12. The summed E-state index contributed by atoms with van der Waals surface area (Å²) in [5.74, 6) is 12.2. The van der Waals surface area contributed by atoms with Gasteiger partial charge in [0.05, 0.1) is 0 Å². The van der Waals surface area contributed by atoms with Gasteiger partial charge in [0, 0.05) is 22.3 Å². The van der Waals surface area contributed by atoms with Crippen LogP contribution >= 0.6 is 0 Å². The maximum Gasteiger partial charge on any atom is 0.573 e. The van der Waals surface area contributed by atoms with Gasteiger partial charge in [0.1, 0.15) is 5.75 Å². The first-order chi connectivity index (χ1) is 16.8. The van der Waals surface area contributed by atoms with Crippen molar-refractivity contribution in [3.05, 3.63) is 106 Å². The molecule has 0 aliphatic rings. The van der Waals surface area contributed by atoms with Crippen molar-refractivity contribution in [3.8, 4) is 29.4 Å². The standard InChI is InChI=1S/C31H27F3O/c1-3-4-5-6-7-8-25-9-11-26(12-10-25)13-14-28-16-20-29(24(2)23-28)19-15-27-17-21-30(22-18-27)35-31(32,33)34/h7-12,16-18,20-23H,3-6H2,1-2H3/b8-7+. The van der Waals surface area contributed by atoms with Gasteiger partial charge in [-0.15, -0.1) is 13.2 Å². The zero-order valence-electron chi connectivity index (χ0n) is 19.9. The quantitative estimate of drug-likeness (QED) is 0.259. The first kappa shape index (κ1) is 25.7. The van der Waals surface area contributed by atoms with Gasteiger partial charge < -0.3 is 4.74 Å². The van der Waals surface area contributed by atoms with Crippen LogP contribution in [0.15, 0.2) is 72.8 Å². The molecule has 3 aromatic rings. The molecule has 35 heavy (non-hydrogen) atoms. The van der Waals surface area contributed by atoms with E-state index in [4.69, 9.17) is 0 Å². The molecule has 0 radical (unpaired) electrons. The van der Waals surface area contributed by atoms with E-state index >= 15 is 0 Å². The normalized spacial score (nSPS) is 10.9. The van der Waals surface area contributed by atoms with Crippen molar-refractivity contribution < 1.29 is 17.9 Å². The van der Waals surface area contributed by atoms with E-state index in [-0.39, 0.29) is 5.75 Å². The third-order valence-corrected chi connectivity index (χ3v) is 5.20. The Labute approximate surface area is 205 Å². The largest absolute Gasteiger partial charge is 0.573 e. The Morgan fingerprint density at radius 1 is 0.771 bits per heavy atom. The molecule has 0 aliphatic heterocycles. The van der Waals surface area contributed by atoms with Crippen molar-refractivity contribution in [1.82, 2.24) is 0 Å². The van der Waals surface area contributed by atoms with E-state index in [0.29, 0.717) is 5.56 Å². The highest BCUT2D eigenvalue weighted by Crippen LogP contribution is 2.22. The fourth-order valence-corrected chi connectivity index (χ4v) is 3.31. The fourth-order valence-electron chi connectivity index (χ4n) is 3.31. The van der Waals surface area contributed by atoms with Crippen LogP contribution in [0.1, 0.15) is 66.0 Å². The van der Waals surface area contributed by atoms with Gasteiger partial charge in [-0.1, -0.05) is 67.7 Å². The number of rotatable bonds is 6. The smallest absolute Gasteiger partial charge is 0.406 e. The number of unbranched alkanes of at least 4 members (excludes halogenated alkanes) is 3. The Hall–Kier alpha value is -3.89. The number of hydrogen-bond donors (Lipinski definition) is 0. The van der Waals surface area contributed by atoms with Crippen LogP contribution in [0, 0.1) is 30.6 Å². The molecule has 0 heterocycles. The summed E-state index contributed by atoms with van der Waals surface area (Å²) in [7, 11) is 0. The van der Waals surface area contributed by atoms with E-state index in [2.05, 4.69) is 59.6 Å². The minimum atomic E-state index is -4.71. The van der Waals surface area contributed by atoms with E-state index in [9.17, 15) is 13.2 Å². The molecule has 0 saturated heterocycles. The van der Waals surface area contributed by atoms with E-state index in [1.807, 2.05) is 37.3 Å². The van der Waals surface area contributed by atoms with Crippen LogP contribution in [0.2, 0.25) is 0 Å². The number of ether oxygens (including phenoxy) is 1. The van der Waals surface area contributed by atoms with Gasteiger partial charge in [0.2, 0.25) is 0 Å². The first-order valence-corrected chi connectivity index (χ1v) is 11.6. The maximum atomic E-state index is 12.3. The van der Waals surface area contributed by atoms with Gasteiger partial charge in [0.15, 0.2) is 0 Å². The summed E-state index contributed by atoms with van der Waals surface area (Å²) in [6.07, 6.45) is 4.51. The third-order valence-electron chi connectivity index (χ3n) is 5.20. The summed E-state index contributed by atoms with van der Waals surface area (Å²) in [4.78, 5) is 0. The molecule has 4 heteroatoms. The predicted octanol–water partition coefficient (Wildman–Crippen LogP) is 8.29. The van der Waals surface area contributed by atoms with E-state index in [1.165, 1.54) is 49.1 Å². The Balaban J connectivity index is 1.62. The lowest BCUT2D eigenvalue weighted by Gasteiger charge is -2.08. The molecule has 0 bridgehead atoms. The summed E-state index contributed by atoms with van der Waals surface area (Å²) in [6, 6.07) is 19.5. The van der Waals surface area contributed by atoms with Crippen LogP contribution in [0.3, 0.4) is 0 Å². The molecule has 0 saturated carbocycles. The van der Waals surface area contributed by atoms with Crippen LogP contribution in [0.4, 0.5) is 13.2 Å². The maximum absolute atomic E-state index is 12.3. The number of alkyl halides is 3. The molecule has 3 rings (SSSR count). The van der Waals surface area contributed by atoms with Crippen molar-refractivity contribution in [2.24, 2.45) is 0 Å². The summed E-state index contributed by atoms with van der Waals surface area (Å²) >= 11 is 0. The lowest BCUT2D eigenvalue weighted by Crippen LogP contribution is -2.16. The van der Waals surface area contributed by atoms with Crippen molar-refractivity contribution in [2.75, 3.05) is 0 Å². The topological polar surface area (TPSA) is 9.23 Å². The summed E-state index contributed by atoms with van der Waals surface area (Å²) in [5.41, 5.74) is 5.43. The third kappa shape index (κ3) is 9.11. The Morgan fingerprint density at radius 2 is 1.37 bits per heavy atom. The van der Waals surface area contributed by atoms with Gasteiger partial charge in [-0.25, -0.2) is 0 Å². The van der Waals surface area contributed by atoms with Crippen LogP contribution in [0.5, 0.6) is 5.75 Å². The molecule has 0 fully saturated rings. The van der Waals surface area contributed by atoms with Crippen molar-refractivity contribution in [2.45, 2.75) is 45.9 Å². The second-order valence-electron chi connectivity index (χ2n) is 8.12. The van der Waals surface area contributed by atoms with E-state index in [1.54, 1.807) is 0 Å². The number of halogens is 3. The van der Waals surface area contributed by atoms with E-state index in [0.717, 1.165) is 28.7 Å².